The molecule has 2 aliphatic carbocycles. The van der Waals surface area contributed by atoms with Crippen molar-refractivity contribution in [2.75, 3.05) is 0 Å². The lowest BCUT2D eigenvalue weighted by molar-refractivity contribution is -0.148. The zero-order chi connectivity index (χ0) is 13.7. The molecule has 0 aromatic carbocycles. The van der Waals surface area contributed by atoms with E-state index in [1.807, 2.05) is 17.7 Å². The maximum Gasteiger partial charge on any atom is 0.329 e. The molecule has 1 N–H and O–H groups in total. The Morgan fingerprint density at radius 2 is 2.32 bits per heavy atom. The fraction of sp³-hybridized carbons (Fsp3) is 0.733. The number of carboxylic acid groups (broad SMARTS) is 1. The van der Waals surface area contributed by atoms with Gasteiger partial charge in [0.05, 0.1) is 0 Å². The Kier molecular flexibility index (Phi) is 2.73. The molecule has 4 heteroatoms. The van der Waals surface area contributed by atoms with Gasteiger partial charge in [0.2, 0.25) is 0 Å². The summed E-state index contributed by atoms with van der Waals surface area (Å²) in [6, 6.07) is 0. The normalized spacial score (nSPS) is 38.1. The van der Waals surface area contributed by atoms with Gasteiger partial charge in [-0.3, -0.25) is 0 Å². The van der Waals surface area contributed by atoms with E-state index in [1.54, 1.807) is 6.20 Å². The Morgan fingerprint density at radius 1 is 1.53 bits per heavy atom. The number of imidazole rings is 1. The van der Waals surface area contributed by atoms with Crippen LogP contribution in [0.15, 0.2) is 12.4 Å². The fourth-order valence-corrected chi connectivity index (χ4v) is 4.48. The average molecular weight is 262 g/mol. The smallest absolute Gasteiger partial charge is 0.329 e. The Bertz CT molecular complexity index is 510. The number of hydrogen-bond acceptors (Lipinski definition) is 2. The SMILES string of the molecule is Cc1nccn1C1(C(=O)O)C[C@@H]2CCCC[C@]2(C)C1. The van der Waals surface area contributed by atoms with E-state index in [0.29, 0.717) is 5.92 Å². The van der Waals surface area contributed by atoms with Gasteiger partial charge in [0.1, 0.15) is 11.4 Å². The van der Waals surface area contributed by atoms with E-state index in [2.05, 4.69) is 11.9 Å². The van der Waals surface area contributed by atoms with Crippen LogP contribution in [0, 0.1) is 18.3 Å². The molecule has 1 heterocycles. The molecular weight excluding hydrogens is 240 g/mol. The van der Waals surface area contributed by atoms with Crippen LogP contribution in [0.1, 0.15) is 51.3 Å². The van der Waals surface area contributed by atoms with Gasteiger partial charge in [0.15, 0.2) is 0 Å². The van der Waals surface area contributed by atoms with Crippen LogP contribution < -0.4 is 0 Å². The molecule has 2 saturated carbocycles. The number of hydrogen-bond donors (Lipinski definition) is 1. The molecule has 19 heavy (non-hydrogen) atoms. The van der Waals surface area contributed by atoms with E-state index in [-0.39, 0.29) is 5.41 Å². The third kappa shape index (κ3) is 1.72. The largest absolute Gasteiger partial charge is 0.479 e. The van der Waals surface area contributed by atoms with Crippen LogP contribution in [0.2, 0.25) is 0 Å². The molecule has 0 bridgehead atoms. The summed E-state index contributed by atoms with van der Waals surface area (Å²) in [7, 11) is 0. The first-order valence-corrected chi connectivity index (χ1v) is 7.22. The zero-order valence-electron chi connectivity index (χ0n) is 11.7. The molecule has 1 aromatic rings. The summed E-state index contributed by atoms with van der Waals surface area (Å²) in [5, 5.41) is 9.87. The van der Waals surface area contributed by atoms with E-state index in [1.165, 1.54) is 25.7 Å². The highest BCUT2D eigenvalue weighted by Crippen LogP contribution is 2.58. The topological polar surface area (TPSA) is 55.1 Å². The summed E-state index contributed by atoms with van der Waals surface area (Å²) in [5.74, 6) is 0.660. The Morgan fingerprint density at radius 3 is 2.89 bits per heavy atom. The van der Waals surface area contributed by atoms with E-state index in [0.717, 1.165) is 18.7 Å². The Hall–Kier alpha value is -1.32. The van der Waals surface area contributed by atoms with Crippen molar-refractivity contribution in [1.82, 2.24) is 9.55 Å². The van der Waals surface area contributed by atoms with Gasteiger partial charge in [-0.2, -0.15) is 0 Å². The van der Waals surface area contributed by atoms with Crippen LogP contribution in [-0.2, 0) is 10.3 Å². The van der Waals surface area contributed by atoms with Crippen molar-refractivity contribution in [3.8, 4) is 0 Å². The van der Waals surface area contributed by atoms with E-state index in [4.69, 9.17) is 0 Å². The molecule has 104 valence electrons. The van der Waals surface area contributed by atoms with Crippen molar-refractivity contribution in [3.05, 3.63) is 18.2 Å². The van der Waals surface area contributed by atoms with Gasteiger partial charge in [0, 0.05) is 12.4 Å². The lowest BCUT2D eigenvalue weighted by Crippen LogP contribution is -2.40. The van der Waals surface area contributed by atoms with Crippen molar-refractivity contribution in [2.45, 2.75) is 57.9 Å². The quantitative estimate of drug-likeness (QED) is 0.891. The van der Waals surface area contributed by atoms with Gasteiger partial charge in [-0.15, -0.1) is 0 Å². The summed E-state index contributed by atoms with van der Waals surface area (Å²) in [6.45, 7) is 4.18. The van der Waals surface area contributed by atoms with Gasteiger partial charge in [0.25, 0.3) is 0 Å². The summed E-state index contributed by atoms with van der Waals surface area (Å²) < 4.78 is 1.90. The Labute approximate surface area is 113 Å². The zero-order valence-corrected chi connectivity index (χ0v) is 11.7. The van der Waals surface area contributed by atoms with Crippen LogP contribution in [0.5, 0.6) is 0 Å². The van der Waals surface area contributed by atoms with Crippen molar-refractivity contribution >= 4 is 5.97 Å². The maximum atomic E-state index is 12.0. The van der Waals surface area contributed by atoms with Crippen molar-refractivity contribution in [3.63, 3.8) is 0 Å². The van der Waals surface area contributed by atoms with Gasteiger partial charge in [-0.1, -0.05) is 19.8 Å². The molecule has 3 atom stereocenters. The minimum atomic E-state index is -0.773. The summed E-state index contributed by atoms with van der Waals surface area (Å²) >= 11 is 0. The molecule has 0 spiro atoms. The number of aromatic nitrogens is 2. The first-order valence-electron chi connectivity index (χ1n) is 7.22. The molecule has 0 aliphatic heterocycles. The van der Waals surface area contributed by atoms with Crippen molar-refractivity contribution in [2.24, 2.45) is 11.3 Å². The standard InChI is InChI=1S/C15H22N2O2/c1-11-16-7-8-17(11)15(13(18)19)9-12-5-3-4-6-14(12,2)10-15/h7-8,12H,3-6,9-10H2,1-2H3,(H,18,19)/t12-,14+,15?/m0/s1. The van der Waals surface area contributed by atoms with E-state index in [9.17, 15) is 9.90 Å². The molecule has 2 aliphatic rings. The molecule has 1 aromatic heterocycles. The molecule has 0 saturated heterocycles. The van der Waals surface area contributed by atoms with Crippen LogP contribution in [0.3, 0.4) is 0 Å². The molecule has 0 radical (unpaired) electrons. The monoisotopic (exact) mass is 262 g/mol. The van der Waals surface area contributed by atoms with Crippen molar-refractivity contribution < 1.29 is 9.90 Å². The number of nitrogens with zero attached hydrogens (tertiary/aromatic N) is 2. The Balaban J connectivity index is 2.05. The number of rotatable bonds is 2. The average Bonchev–Trinajstić information content (AvgIpc) is 2.90. The highest BCUT2D eigenvalue weighted by molar-refractivity contribution is 5.77. The van der Waals surface area contributed by atoms with Gasteiger partial charge < -0.3 is 9.67 Å². The highest BCUT2D eigenvalue weighted by Gasteiger charge is 2.57. The van der Waals surface area contributed by atoms with Crippen LogP contribution in [0.4, 0.5) is 0 Å². The second-order valence-corrected chi connectivity index (χ2v) is 6.66. The third-order valence-electron chi connectivity index (χ3n) is 5.50. The minimum Gasteiger partial charge on any atom is -0.479 e. The van der Waals surface area contributed by atoms with Crippen molar-refractivity contribution in [1.29, 1.82) is 0 Å². The third-order valence-corrected chi connectivity index (χ3v) is 5.50. The molecular formula is C15H22N2O2. The number of fused-ring (bicyclic) bond motifs is 1. The van der Waals surface area contributed by atoms with Crippen LogP contribution >= 0.6 is 0 Å². The number of aryl methyl sites for hydroxylation is 1. The second kappa shape index (κ2) is 4.09. The molecule has 1 unspecified atom stereocenters. The lowest BCUT2D eigenvalue weighted by Gasteiger charge is -2.36. The summed E-state index contributed by atoms with van der Waals surface area (Å²) in [6.07, 6.45) is 9.89. The highest BCUT2D eigenvalue weighted by atomic mass is 16.4. The minimum absolute atomic E-state index is 0.188. The van der Waals surface area contributed by atoms with Crippen LogP contribution in [0.25, 0.3) is 0 Å². The van der Waals surface area contributed by atoms with Crippen LogP contribution in [-0.4, -0.2) is 20.6 Å². The van der Waals surface area contributed by atoms with E-state index >= 15 is 0 Å². The summed E-state index contributed by atoms with van der Waals surface area (Å²) in [4.78, 5) is 16.2. The molecule has 4 nitrogen and oxygen atoms in total. The number of carboxylic acids is 1. The first-order chi connectivity index (χ1) is 8.98. The lowest BCUT2D eigenvalue weighted by atomic mass is 9.69. The number of aliphatic carboxylic acids is 1. The van der Waals surface area contributed by atoms with Gasteiger partial charge in [-0.05, 0) is 43.9 Å². The second-order valence-electron chi connectivity index (χ2n) is 6.66. The molecule has 2 fully saturated rings. The summed E-state index contributed by atoms with van der Waals surface area (Å²) in [5.41, 5.74) is -0.586. The fourth-order valence-electron chi connectivity index (χ4n) is 4.48. The maximum absolute atomic E-state index is 12.0. The van der Waals surface area contributed by atoms with E-state index < -0.39 is 11.5 Å². The van der Waals surface area contributed by atoms with Gasteiger partial charge >= 0.3 is 5.97 Å². The molecule has 3 rings (SSSR count). The number of carbonyl (C=O) groups is 1. The first kappa shape index (κ1) is 12.7. The molecule has 0 amide bonds. The van der Waals surface area contributed by atoms with Gasteiger partial charge in [-0.25, -0.2) is 9.78 Å². The predicted octanol–water partition coefficient (Wildman–Crippen LogP) is 2.96. The predicted molar refractivity (Wildman–Crippen MR) is 71.9 cm³/mol.